The molecule has 0 unspecified atom stereocenters. The summed E-state index contributed by atoms with van der Waals surface area (Å²) in [5, 5.41) is 2.28. The average molecular weight is 398 g/mol. The first kappa shape index (κ1) is 17.0. The van der Waals surface area contributed by atoms with Crippen molar-refractivity contribution in [3.8, 4) is 5.75 Å². The Kier molecular flexibility index (Phi) is 6.12. The van der Waals surface area contributed by atoms with E-state index in [1.807, 2.05) is 6.07 Å². The molecule has 0 fully saturated rings. The Balaban J connectivity index is 1.69. The summed E-state index contributed by atoms with van der Waals surface area (Å²) in [5.74, 6) is -0.337. The number of hydrazine groups is 1. The van der Waals surface area contributed by atoms with E-state index in [9.17, 15) is 9.59 Å². The fourth-order valence-corrected chi connectivity index (χ4v) is 1.91. The van der Waals surface area contributed by atoms with Gasteiger partial charge in [-0.3, -0.25) is 25.8 Å². The van der Waals surface area contributed by atoms with Crippen molar-refractivity contribution in [2.24, 2.45) is 0 Å². The second-order valence-electron chi connectivity index (χ2n) is 4.16. The predicted molar refractivity (Wildman–Crippen MR) is 89.7 cm³/mol. The molecule has 2 aromatic rings. The minimum Gasteiger partial charge on any atom is -0.484 e. The first-order valence-electron chi connectivity index (χ1n) is 6.38. The molecule has 0 bridgehead atoms. The molecule has 0 aliphatic carbocycles. The zero-order chi connectivity index (χ0) is 16.7. The second-order valence-corrected chi connectivity index (χ2v) is 5.35. The third kappa shape index (κ3) is 5.72. The number of amides is 2. The van der Waals surface area contributed by atoms with Crippen molar-refractivity contribution in [3.63, 3.8) is 0 Å². The van der Waals surface area contributed by atoms with E-state index in [4.69, 9.17) is 21.4 Å². The number of ether oxygens (including phenoxy) is 1. The monoisotopic (exact) mass is 397 g/mol. The summed E-state index contributed by atoms with van der Waals surface area (Å²) in [6.07, 6.45) is 0. The Hall–Kier alpha value is -2.39. The zero-order valence-electron chi connectivity index (χ0n) is 11.7. The van der Waals surface area contributed by atoms with E-state index in [0.717, 1.165) is 0 Å². The van der Waals surface area contributed by atoms with Gasteiger partial charge in [0.2, 0.25) is 0 Å². The maximum Gasteiger partial charge on any atom is 0.293 e. The lowest BCUT2D eigenvalue weighted by molar-refractivity contribution is -0.123. The highest BCUT2D eigenvalue weighted by Crippen LogP contribution is 2.13. The van der Waals surface area contributed by atoms with Gasteiger partial charge < -0.3 is 9.15 Å². The van der Waals surface area contributed by atoms with Crippen LogP contribution in [0.5, 0.6) is 5.75 Å². The maximum atomic E-state index is 11.7. The quantitative estimate of drug-likeness (QED) is 0.537. The van der Waals surface area contributed by atoms with Crippen LogP contribution in [0.2, 0.25) is 0 Å². The van der Waals surface area contributed by atoms with Crippen molar-refractivity contribution in [3.05, 3.63) is 52.9 Å². The summed E-state index contributed by atoms with van der Waals surface area (Å²) in [5.41, 5.74) is 4.70. The predicted octanol–water partition coefficient (Wildman–Crippen LogP) is 1.76. The molecule has 0 atom stereocenters. The highest BCUT2D eigenvalue weighted by molar-refractivity contribution is 9.10. The Morgan fingerprint density at radius 3 is 2.52 bits per heavy atom. The topological polar surface area (TPSA) is 92.6 Å². The first-order valence-corrected chi connectivity index (χ1v) is 7.58. The van der Waals surface area contributed by atoms with E-state index >= 15 is 0 Å². The number of nitrogens with one attached hydrogen (secondary N) is 3. The number of furan rings is 1. The van der Waals surface area contributed by atoms with E-state index in [2.05, 4.69) is 32.1 Å². The molecule has 9 heteroatoms. The molecule has 120 valence electrons. The average Bonchev–Trinajstić information content (AvgIpc) is 2.98. The number of halogens is 1. The van der Waals surface area contributed by atoms with Crippen LogP contribution < -0.4 is 20.9 Å². The minimum absolute atomic E-state index is 0.0735. The molecule has 1 aromatic heterocycles. The summed E-state index contributed by atoms with van der Waals surface area (Å²) < 4.78 is 10.7. The lowest BCUT2D eigenvalue weighted by Crippen LogP contribution is -2.49. The molecule has 1 heterocycles. The highest BCUT2D eigenvalue weighted by atomic mass is 79.9. The molecule has 23 heavy (non-hydrogen) atoms. The molecule has 0 saturated carbocycles. The normalized spacial score (nSPS) is 9.78. The van der Waals surface area contributed by atoms with Crippen molar-refractivity contribution in [1.82, 2.24) is 16.2 Å². The summed E-state index contributed by atoms with van der Waals surface area (Å²) in [7, 11) is 0. The van der Waals surface area contributed by atoms with Crippen molar-refractivity contribution < 1.29 is 18.7 Å². The Bertz CT molecular complexity index is 705. The summed E-state index contributed by atoms with van der Waals surface area (Å²) in [6, 6.07) is 11.9. The van der Waals surface area contributed by atoms with E-state index in [0.29, 0.717) is 10.4 Å². The fourth-order valence-electron chi connectivity index (χ4n) is 1.46. The van der Waals surface area contributed by atoms with Crippen molar-refractivity contribution in [2.75, 3.05) is 6.61 Å². The van der Waals surface area contributed by atoms with Gasteiger partial charge in [0.05, 0.1) is 0 Å². The molecule has 0 aliphatic heterocycles. The van der Waals surface area contributed by atoms with E-state index in [1.54, 1.807) is 30.3 Å². The van der Waals surface area contributed by atoms with Gasteiger partial charge in [-0.15, -0.1) is 0 Å². The lowest BCUT2D eigenvalue weighted by atomic mass is 10.3. The van der Waals surface area contributed by atoms with E-state index in [1.165, 1.54) is 6.07 Å². The van der Waals surface area contributed by atoms with Gasteiger partial charge in [-0.25, -0.2) is 0 Å². The fraction of sp³-hybridized carbons (Fsp3) is 0.0714. The van der Waals surface area contributed by atoms with Crippen LogP contribution in [0.25, 0.3) is 0 Å². The number of benzene rings is 1. The highest BCUT2D eigenvalue weighted by Gasteiger charge is 2.12. The molecule has 0 radical (unpaired) electrons. The Morgan fingerprint density at radius 1 is 1.13 bits per heavy atom. The molecular weight excluding hydrogens is 386 g/mol. The van der Waals surface area contributed by atoms with Crippen molar-refractivity contribution >= 4 is 45.1 Å². The van der Waals surface area contributed by atoms with Crippen LogP contribution in [0, 0.1) is 0 Å². The number of rotatable bonds is 4. The molecule has 0 saturated heterocycles. The maximum absolute atomic E-state index is 11.7. The Morgan fingerprint density at radius 2 is 1.87 bits per heavy atom. The van der Waals surface area contributed by atoms with Crippen LogP contribution >= 0.6 is 28.1 Å². The summed E-state index contributed by atoms with van der Waals surface area (Å²) >= 11 is 7.97. The summed E-state index contributed by atoms with van der Waals surface area (Å²) in [6.45, 7) is -0.196. The minimum atomic E-state index is -0.539. The van der Waals surface area contributed by atoms with E-state index < -0.39 is 11.8 Å². The summed E-state index contributed by atoms with van der Waals surface area (Å²) in [4.78, 5) is 23.3. The van der Waals surface area contributed by atoms with Gasteiger partial charge in [0.15, 0.2) is 22.1 Å². The van der Waals surface area contributed by atoms with Crippen molar-refractivity contribution in [2.45, 2.75) is 0 Å². The van der Waals surface area contributed by atoms with Crippen LogP contribution in [-0.2, 0) is 4.79 Å². The van der Waals surface area contributed by atoms with Gasteiger partial charge in [0, 0.05) is 0 Å². The molecule has 3 N–H and O–H groups in total. The number of hydrogen-bond donors (Lipinski definition) is 3. The number of hydrogen-bond acceptors (Lipinski definition) is 5. The number of carbonyl (C=O) groups excluding carboxylic acids is 2. The second kappa shape index (κ2) is 8.30. The molecule has 0 aliphatic rings. The van der Waals surface area contributed by atoms with Crippen LogP contribution in [0.1, 0.15) is 10.6 Å². The van der Waals surface area contributed by atoms with E-state index in [-0.39, 0.29) is 17.5 Å². The molecule has 7 nitrogen and oxygen atoms in total. The lowest BCUT2D eigenvalue weighted by Gasteiger charge is -2.10. The smallest absolute Gasteiger partial charge is 0.293 e. The van der Waals surface area contributed by atoms with Gasteiger partial charge >= 0.3 is 0 Å². The van der Waals surface area contributed by atoms with Crippen LogP contribution in [0.3, 0.4) is 0 Å². The van der Waals surface area contributed by atoms with Gasteiger partial charge in [0.25, 0.3) is 11.8 Å². The van der Waals surface area contributed by atoms with Crippen LogP contribution in [0.4, 0.5) is 0 Å². The number of thiocarbonyl (C=S) groups is 1. The van der Waals surface area contributed by atoms with Gasteiger partial charge in [-0.2, -0.15) is 0 Å². The SMILES string of the molecule is O=C(COc1ccccc1)NNC(=S)NC(=O)c1ccc(Br)o1. The van der Waals surface area contributed by atoms with Gasteiger partial charge in [0.1, 0.15) is 5.75 Å². The molecule has 2 rings (SSSR count). The van der Waals surface area contributed by atoms with Gasteiger partial charge in [-0.1, -0.05) is 18.2 Å². The molecule has 2 amide bonds. The first-order chi connectivity index (χ1) is 11.0. The molecule has 1 aromatic carbocycles. The van der Waals surface area contributed by atoms with Crippen LogP contribution in [0.15, 0.2) is 51.6 Å². The standard InChI is InChI=1S/C14H12BrN3O4S/c15-11-7-6-10(22-11)13(20)16-14(23)18-17-12(19)8-21-9-4-2-1-3-5-9/h1-7H,8H2,(H,17,19)(H2,16,18,20,23). The molecule has 0 spiro atoms. The Labute approximate surface area is 145 Å². The number of para-hydroxylation sites is 1. The largest absolute Gasteiger partial charge is 0.484 e. The van der Waals surface area contributed by atoms with Gasteiger partial charge in [-0.05, 0) is 52.4 Å². The third-order valence-electron chi connectivity index (χ3n) is 2.45. The van der Waals surface area contributed by atoms with Crippen molar-refractivity contribution in [1.29, 1.82) is 0 Å². The zero-order valence-corrected chi connectivity index (χ0v) is 14.1. The van der Waals surface area contributed by atoms with Crippen LogP contribution in [-0.4, -0.2) is 23.5 Å². The third-order valence-corrected chi connectivity index (χ3v) is 3.08. The molecular formula is C14H12BrN3O4S. The number of carbonyl (C=O) groups is 2.